The average molecular weight is 472 g/mol. The normalized spacial score (nSPS) is 10.7. The molecule has 0 bridgehead atoms. The van der Waals surface area contributed by atoms with Gasteiger partial charge in [-0.05, 0) is 79.1 Å². The van der Waals surface area contributed by atoms with Gasteiger partial charge >= 0.3 is 0 Å². The maximum atomic E-state index is 12.5. The number of anilines is 2. The largest absolute Gasteiger partial charge is 0.508 e. The van der Waals surface area contributed by atoms with Gasteiger partial charge in [-0.2, -0.15) is 5.26 Å². The van der Waals surface area contributed by atoms with Crippen molar-refractivity contribution in [2.75, 3.05) is 24.4 Å². The standard InChI is InChI=1S/C27H25N3O5/c1-17-4-5-18(2)23(12-17)30-26(32)16-35-24-11-6-19(14-25(24)34-3)13-20(15-28)27(33)29-21-7-9-22(31)10-8-21/h4-14,31H,16H2,1-3H3,(H,29,33)(H,30,32)/b20-13+. The number of hydrogen-bond acceptors (Lipinski definition) is 6. The lowest BCUT2D eigenvalue weighted by molar-refractivity contribution is -0.118. The quantitative estimate of drug-likeness (QED) is 0.251. The van der Waals surface area contributed by atoms with Gasteiger partial charge in [-0.3, -0.25) is 9.59 Å². The highest BCUT2D eigenvalue weighted by Gasteiger charge is 2.13. The Bertz CT molecular complexity index is 1310. The molecule has 0 saturated heterocycles. The van der Waals surface area contributed by atoms with Crippen molar-refractivity contribution in [3.8, 4) is 23.3 Å². The van der Waals surface area contributed by atoms with E-state index in [0.717, 1.165) is 16.8 Å². The van der Waals surface area contributed by atoms with Crippen LogP contribution in [0.2, 0.25) is 0 Å². The van der Waals surface area contributed by atoms with E-state index < -0.39 is 5.91 Å². The molecule has 0 saturated carbocycles. The molecule has 3 aromatic carbocycles. The van der Waals surface area contributed by atoms with Gasteiger partial charge in [0.1, 0.15) is 17.4 Å². The van der Waals surface area contributed by atoms with E-state index in [2.05, 4.69) is 10.6 Å². The van der Waals surface area contributed by atoms with Crippen LogP contribution in [-0.4, -0.2) is 30.6 Å². The number of benzene rings is 3. The van der Waals surface area contributed by atoms with Gasteiger partial charge in [0, 0.05) is 11.4 Å². The van der Waals surface area contributed by atoms with Gasteiger partial charge in [-0.1, -0.05) is 18.2 Å². The number of aromatic hydroxyl groups is 1. The van der Waals surface area contributed by atoms with E-state index in [9.17, 15) is 20.0 Å². The first-order valence-corrected chi connectivity index (χ1v) is 10.7. The Kier molecular flexibility index (Phi) is 8.09. The van der Waals surface area contributed by atoms with E-state index in [1.165, 1.54) is 37.5 Å². The van der Waals surface area contributed by atoms with Crippen LogP contribution in [0.1, 0.15) is 16.7 Å². The Morgan fingerprint density at radius 2 is 1.74 bits per heavy atom. The van der Waals surface area contributed by atoms with Crippen molar-refractivity contribution >= 4 is 29.3 Å². The van der Waals surface area contributed by atoms with Crippen LogP contribution in [0.3, 0.4) is 0 Å². The third-order valence-electron chi connectivity index (χ3n) is 5.01. The molecule has 0 fully saturated rings. The highest BCUT2D eigenvalue weighted by molar-refractivity contribution is 6.09. The minimum Gasteiger partial charge on any atom is -0.508 e. The Hall–Kier alpha value is -4.77. The molecule has 0 spiro atoms. The lowest BCUT2D eigenvalue weighted by Gasteiger charge is -2.13. The predicted octanol–water partition coefficient (Wildman–Crippen LogP) is 4.58. The van der Waals surface area contributed by atoms with Crippen LogP contribution >= 0.6 is 0 Å². The van der Waals surface area contributed by atoms with Crippen molar-refractivity contribution < 1.29 is 24.2 Å². The van der Waals surface area contributed by atoms with Crippen LogP contribution in [0.5, 0.6) is 17.2 Å². The molecule has 178 valence electrons. The van der Waals surface area contributed by atoms with Crippen LogP contribution in [0.15, 0.2) is 66.2 Å². The molecule has 8 heteroatoms. The summed E-state index contributed by atoms with van der Waals surface area (Å²) in [6.07, 6.45) is 1.41. The number of nitrogens with one attached hydrogen (secondary N) is 2. The Morgan fingerprint density at radius 1 is 1.00 bits per heavy atom. The molecule has 0 aliphatic rings. The van der Waals surface area contributed by atoms with Gasteiger partial charge in [-0.15, -0.1) is 0 Å². The summed E-state index contributed by atoms with van der Waals surface area (Å²) in [5, 5.41) is 24.2. The van der Waals surface area contributed by atoms with Crippen molar-refractivity contribution in [1.82, 2.24) is 0 Å². The molecule has 3 rings (SSSR count). The number of carbonyl (C=O) groups excluding carboxylic acids is 2. The number of ether oxygens (including phenoxy) is 2. The second-order valence-electron chi connectivity index (χ2n) is 7.74. The Balaban J connectivity index is 1.68. The molecule has 8 nitrogen and oxygen atoms in total. The van der Waals surface area contributed by atoms with Crippen molar-refractivity contribution in [2.24, 2.45) is 0 Å². The summed E-state index contributed by atoms with van der Waals surface area (Å²) in [6.45, 7) is 3.63. The number of hydrogen-bond donors (Lipinski definition) is 3. The molecule has 0 aliphatic heterocycles. The van der Waals surface area contributed by atoms with E-state index in [0.29, 0.717) is 22.7 Å². The number of rotatable bonds is 8. The Labute approximate surface area is 203 Å². The molecule has 35 heavy (non-hydrogen) atoms. The van der Waals surface area contributed by atoms with Crippen LogP contribution in [0.4, 0.5) is 11.4 Å². The molecule has 0 unspecified atom stereocenters. The highest BCUT2D eigenvalue weighted by Crippen LogP contribution is 2.29. The lowest BCUT2D eigenvalue weighted by Crippen LogP contribution is -2.20. The number of aryl methyl sites for hydroxylation is 2. The molecule has 0 atom stereocenters. The molecular weight excluding hydrogens is 446 g/mol. The number of carbonyl (C=O) groups is 2. The molecule has 0 radical (unpaired) electrons. The monoisotopic (exact) mass is 471 g/mol. The molecule has 0 heterocycles. The number of phenolic OH excluding ortho intramolecular Hbond substituents is 1. The van der Waals surface area contributed by atoms with Crippen molar-refractivity contribution in [3.05, 3.63) is 82.9 Å². The summed E-state index contributed by atoms with van der Waals surface area (Å²) in [5.41, 5.74) is 3.55. The number of methoxy groups -OCH3 is 1. The van der Waals surface area contributed by atoms with Gasteiger partial charge in [0.15, 0.2) is 18.1 Å². The maximum absolute atomic E-state index is 12.5. The molecule has 2 amide bonds. The summed E-state index contributed by atoms with van der Waals surface area (Å²) >= 11 is 0. The zero-order valence-electron chi connectivity index (χ0n) is 19.6. The van der Waals surface area contributed by atoms with Gasteiger partial charge in [0.05, 0.1) is 7.11 Å². The van der Waals surface area contributed by atoms with Gasteiger partial charge in [-0.25, -0.2) is 0 Å². The van der Waals surface area contributed by atoms with Gasteiger partial charge < -0.3 is 25.2 Å². The second kappa shape index (κ2) is 11.4. The first-order chi connectivity index (χ1) is 16.8. The van der Waals surface area contributed by atoms with Crippen LogP contribution < -0.4 is 20.1 Å². The zero-order chi connectivity index (χ0) is 25.4. The molecule has 3 N–H and O–H groups in total. The zero-order valence-corrected chi connectivity index (χ0v) is 19.6. The molecule has 3 aromatic rings. The van der Waals surface area contributed by atoms with Gasteiger partial charge in [0.2, 0.25) is 0 Å². The maximum Gasteiger partial charge on any atom is 0.266 e. The first-order valence-electron chi connectivity index (χ1n) is 10.7. The number of nitriles is 1. The van der Waals surface area contributed by atoms with E-state index in [-0.39, 0.29) is 23.8 Å². The van der Waals surface area contributed by atoms with Gasteiger partial charge in [0.25, 0.3) is 11.8 Å². The summed E-state index contributed by atoms with van der Waals surface area (Å²) in [5.74, 6) is -0.165. The predicted molar refractivity (Wildman–Crippen MR) is 133 cm³/mol. The Morgan fingerprint density at radius 3 is 2.43 bits per heavy atom. The van der Waals surface area contributed by atoms with Crippen molar-refractivity contribution in [2.45, 2.75) is 13.8 Å². The number of phenols is 1. The topological polar surface area (TPSA) is 121 Å². The number of nitrogens with zero attached hydrogens (tertiary/aromatic N) is 1. The number of amides is 2. The van der Waals surface area contributed by atoms with E-state index in [1.807, 2.05) is 38.1 Å². The third kappa shape index (κ3) is 6.85. The van der Waals surface area contributed by atoms with Crippen LogP contribution in [-0.2, 0) is 9.59 Å². The fourth-order valence-corrected chi connectivity index (χ4v) is 3.15. The summed E-state index contributed by atoms with van der Waals surface area (Å²) in [4.78, 5) is 24.8. The summed E-state index contributed by atoms with van der Waals surface area (Å²) in [6, 6.07) is 18.4. The lowest BCUT2D eigenvalue weighted by atomic mass is 10.1. The molecule has 0 aliphatic carbocycles. The van der Waals surface area contributed by atoms with Crippen LogP contribution in [0, 0.1) is 25.2 Å². The van der Waals surface area contributed by atoms with Crippen molar-refractivity contribution in [3.63, 3.8) is 0 Å². The van der Waals surface area contributed by atoms with E-state index >= 15 is 0 Å². The summed E-state index contributed by atoms with van der Waals surface area (Å²) in [7, 11) is 1.45. The second-order valence-corrected chi connectivity index (χ2v) is 7.74. The fourth-order valence-electron chi connectivity index (χ4n) is 3.15. The average Bonchev–Trinajstić information content (AvgIpc) is 2.85. The van der Waals surface area contributed by atoms with E-state index in [1.54, 1.807) is 18.2 Å². The highest BCUT2D eigenvalue weighted by atomic mass is 16.5. The minimum absolute atomic E-state index is 0.0659. The van der Waals surface area contributed by atoms with Crippen LogP contribution in [0.25, 0.3) is 6.08 Å². The molecular formula is C27H25N3O5. The minimum atomic E-state index is -0.597. The van der Waals surface area contributed by atoms with Crippen molar-refractivity contribution in [1.29, 1.82) is 5.26 Å². The smallest absolute Gasteiger partial charge is 0.266 e. The third-order valence-corrected chi connectivity index (χ3v) is 5.01. The SMILES string of the molecule is COc1cc(/C=C(\C#N)C(=O)Nc2ccc(O)cc2)ccc1OCC(=O)Nc1cc(C)ccc1C. The molecule has 0 aromatic heterocycles. The summed E-state index contributed by atoms with van der Waals surface area (Å²) < 4.78 is 11.0. The van der Waals surface area contributed by atoms with E-state index in [4.69, 9.17) is 9.47 Å². The first kappa shape index (κ1) is 24.9. The fraction of sp³-hybridized carbons (Fsp3) is 0.148.